The molecule has 0 saturated carbocycles. The second-order valence-corrected chi connectivity index (χ2v) is 5.03. The predicted octanol–water partition coefficient (Wildman–Crippen LogP) is 3.92. The average Bonchev–Trinajstić information content (AvgIpc) is 2.33. The number of carboxylic acids is 1. The van der Waals surface area contributed by atoms with Gasteiger partial charge in [-0.3, -0.25) is 9.59 Å². The van der Waals surface area contributed by atoms with Crippen molar-refractivity contribution in [3.63, 3.8) is 0 Å². The van der Waals surface area contributed by atoms with Crippen LogP contribution in [0.4, 0.5) is 0 Å². The summed E-state index contributed by atoms with van der Waals surface area (Å²) in [7, 11) is 0. The van der Waals surface area contributed by atoms with Gasteiger partial charge in [0.15, 0.2) is 0 Å². The summed E-state index contributed by atoms with van der Waals surface area (Å²) in [5, 5.41) is 8.56. The highest BCUT2D eigenvalue weighted by Crippen LogP contribution is 2.15. The van der Waals surface area contributed by atoms with Crippen LogP contribution < -0.4 is 0 Å². The van der Waals surface area contributed by atoms with Gasteiger partial charge in [0, 0.05) is 0 Å². The summed E-state index contributed by atoms with van der Waals surface area (Å²) in [6, 6.07) is 0. The lowest BCUT2D eigenvalue weighted by atomic mass is 10.0. The van der Waals surface area contributed by atoms with Gasteiger partial charge in [0.25, 0.3) is 0 Å². The molecule has 0 aromatic carbocycles. The van der Waals surface area contributed by atoms with E-state index in [0.29, 0.717) is 0 Å². The highest BCUT2D eigenvalue weighted by Gasteiger charge is 2.16. The van der Waals surface area contributed by atoms with Crippen LogP contribution in [0.25, 0.3) is 0 Å². The second kappa shape index (κ2) is 12.0. The molecule has 4 nitrogen and oxygen atoms in total. The van der Waals surface area contributed by atoms with E-state index in [1.807, 2.05) is 0 Å². The molecular formula is C15H28O4. The van der Waals surface area contributed by atoms with Crippen molar-refractivity contribution in [3.05, 3.63) is 0 Å². The maximum absolute atomic E-state index is 11.4. The summed E-state index contributed by atoms with van der Waals surface area (Å²) in [6.07, 6.45) is 8.95. The first-order valence-corrected chi connectivity index (χ1v) is 7.51. The lowest BCUT2D eigenvalue weighted by Crippen LogP contribution is -2.20. The molecule has 1 N–H and O–H groups in total. The molecule has 0 aliphatic carbocycles. The third-order valence-electron chi connectivity index (χ3n) is 3.10. The number of esters is 1. The van der Waals surface area contributed by atoms with E-state index in [9.17, 15) is 9.59 Å². The fourth-order valence-electron chi connectivity index (χ4n) is 2.03. The zero-order valence-electron chi connectivity index (χ0n) is 12.3. The van der Waals surface area contributed by atoms with Crippen LogP contribution in [-0.4, -0.2) is 23.1 Å². The predicted molar refractivity (Wildman–Crippen MR) is 75.0 cm³/mol. The molecule has 0 aromatic rings. The van der Waals surface area contributed by atoms with E-state index in [1.54, 1.807) is 0 Å². The minimum absolute atomic E-state index is 0.102. The first-order valence-electron chi connectivity index (χ1n) is 7.51. The van der Waals surface area contributed by atoms with Gasteiger partial charge in [0.2, 0.25) is 0 Å². The highest BCUT2D eigenvalue weighted by molar-refractivity contribution is 5.90. The Labute approximate surface area is 116 Å². The molecule has 0 fully saturated rings. The Morgan fingerprint density at radius 2 is 1.47 bits per heavy atom. The van der Waals surface area contributed by atoms with Crippen molar-refractivity contribution in [1.29, 1.82) is 0 Å². The van der Waals surface area contributed by atoms with Gasteiger partial charge in [-0.2, -0.15) is 0 Å². The summed E-state index contributed by atoms with van der Waals surface area (Å²) in [4.78, 5) is 21.8. The number of aliphatic carboxylic acids is 1. The zero-order chi connectivity index (χ0) is 14.5. The van der Waals surface area contributed by atoms with Gasteiger partial charge in [0.05, 0.1) is 0 Å². The van der Waals surface area contributed by atoms with Crippen LogP contribution in [0.1, 0.15) is 78.1 Å². The summed E-state index contributed by atoms with van der Waals surface area (Å²) in [5.74, 6) is -1.73. The van der Waals surface area contributed by atoms with Crippen molar-refractivity contribution in [2.45, 2.75) is 84.2 Å². The number of ether oxygens (including phenoxy) is 1. The molecular weight excluding hydrogens is 244 g/mol. The number of unbranched alkanes of at least 4 members (excludes halogenated alkanes) is 5. The molecule has 1 atom stereocenters. The molecule has 19 heavy (non-hydrogen) atoms. The molecule has 0 aliphatic heterocycles. The van der Waals surface area contributed by atoms with Gasteiger partial charge in [-0.25, -0.2) is 0 Å². The SMILES string of the molecule is CCCCCCC(CCCCC)OC(=O)CC(=O)O. The lowest BCUT2D eigenvalue weighted by molar-refractivity contribution is -0.155. The van der Waals surface area contributed by atoms with Crippen molar-refractivity contribution < 1.29 is 19.4 Å². The molecule has 0 radical (unpaired) electrons. The average molecular weight is 272 g/mol. The van der Waals surface area contributed by atoms with E-state index < -0.39 is 18.4 Å². The van der Waals surface area contributed by atoms with E-state index >= 15 is 0 Å². The Balaban J connectivity index is 4.01. The number of carbonyl (C=O) groups is 2. The lowest BCUT2D eigenvalue weighted by Gasteiger charge is -2.17. The van der Waals surface area contributed by atoms with Crippen LogP contribution in [0.5, 0.6) is 0 Å². The van der Waals surface area contributed by atoms with Crippen LogP contribution in [0.15, 0.2) is 0 Å². The van der Waals surface area contributed by atoms with Crippen molar-refractivity contribution in [2.24, 2.45) is 0 Å². The molecule has 0 saturated heterocycles. The van der Waals surface area contributed by atoms with Gasteiger partial charge in [-0.05, 0) is 25.7 Å². The molecule has 0 aliphatic rings. The van der Waals surface area contributed by atoms with E-state index in [2.05, 4.69) is 13.8 Å². The van der Waals surface area contributed by atoms with Crippen LogP contribution >= 0.6 is 0 Å². The van der Waals surface area contributed by atoms with Crippen LogP contribution in [0.3, 0.4) is 0 Å². The van der Waals surface area contributed by atoms with Gasteiger partial charge in [-0.15, -0.1) is 0 Å². The largest absolute Gasteiger partial charge is 0.481 e. The molecule has 0 rings (SSSR count). The minimum Gasteiger partial charge on any atom is -0.481 e. The van der Waals surface area contributed by atoms with Crippen molar-refractivity contribution in [2.75, 3.05) is 0 Å². The first-order chi connectivity index (χ1) is 9.10. The van der Waals surface area contributed by atoms with E-state index in [4.69, 9.17) is 9.84 Å². The monoisotopic (exact) mass is 272 g/mol. The summed E-state index contributed by atoms with van der Waals surface area (Å²) in [6.45, 7) is 4.29. The second-order valence-electron chi connectivity index (χ2n) is 5.03. The number of carbonyl (C=O) groups excluding carboxylic acids is 1. The van der Waals surface area contributed by atoms with Gasteiger partial charge in [0.1, 0.15) is 12.5 Å². The quantitative estimate of drug-likeness (QED) is 0.332. The van der Waals surface area contributed by atoms with E-state index in [-0.39, 0.29) is 6.10 Å². The van der Waals surface area contributed by atoms with Crippen molar-refractivity contribution >= 4 is 11.9 Å². The summed E-state index contributed by atoms with van der Waals surface area (Å²) >= 11 is 0. The first kappa shape index (κ1) is 17.9. The Hall–Kier alpha value is -1.06. The minimum atomic E-state index is -1.12. The number of hydrogen-bond donors (Lipinski definition) is 1. The number of rotatable bonds is 12. The number of hydrogen-bond acceptors (Lipinski definition) is 3. The van der Waals surface area contributed by atoms with Gasteiger partial charge >= 0.3 is 11.9 Å². The molecule has 0 heterocycles. The van der Waals surface area contributed by atoms with Crippen LogP contribution in [-0.2, 0) is 14.3 Å². The third-order valence-corrected chi connectivity index (χ3v) is 3.10. The highest BCUT2D eigenvalue weighted by atomic mass is 16.5. The van der Waals surface area contributed by atoms with Crippen molar-refractivity contribution in [3.8, 4) is 0 Å². The number of carboxylic acid groups (broad SMARTS) is 1. The molecule has 0 bridgehead atoms. The fourth-order valence-corrected chi connectivity index (χ4v) is 2.03. The molecule has 4 heteroatoms. The molecule has 112 valence electrons. The van der Waals surface area contributed by atoms with Crippen molar-refractivity contribution in [1.82, 2.24) is 0 Å². The fraction of sp³-hybridized carbons (Fsp3) is 0.867. The topological polar surface area (TPSA) is 63.6 Å². The smallest absolute Gasteiger partial charge is 0.317 e. The summed E-state index contributed by atoms with van der Waals surface area (Å²) in [5.41, 5.74) is 0. The Kier molecular flexibility index (Phi) is 11.3. The van der Waals surface area contributed by atoms with E-state index in [0.717, 1.165) is 44.9 Å². The molecule has 0 spiro atoms. The van der Waals surface area contributed by atoms with Crippen LogP contribution in [0, 0.1) is 0 Å². The molecule has 1 unspecified atom stereocenters. The zero-order valence-corrected chi connectivity index (χ0v) is 12.3. The van der Waals surface area contributed by atoms with Gasteiger partial charge in [-0.1, -0.05) is 46.0 Å². The molecule has 0 aromatic heterocycles. The Morgan fingerprint density at radius 3 is 2.00 bits per heavy atom. The maximum atomic E-state index is 11.4. The van der Waals surface area contributed by atoms with Gasteiger partial charge < -0.3 is 9.84 Å². The third kappa shape index (κ3) is 11.7. The normalized spacial score (nSPS) is 12.1. The van der Waals surface area contributed by atoms with E-state index in [1.165, 1.54) is 12.8 Å². The Bertz CT molecular complexity index is 251. The summed E-state index contributed by atoms with van der Waals surface area (Å²) < 4.78 is 5.27. The van der Waals surface area contributed by atoms with Crippen LogP contribution in [0.2, 0.25) is 0 Å². The maximum Gasteiger partial charge on any atom is 0.317 e. The standard InChI is InChI=1S/C15H28O4/c1-3-5-7-9-11-13(10-8-6-4-2)19-15(18)12-14(16)17/h13H,3-12H2,1-2H3,(H,16,17). The Morgan fingerprint density at radius 1 is 0.947 bits per heavy atom. The molecule has 0 amide bonds.